The first-order valence-corrected chi connectivity index (χ1v) is 11.9. The van der Waals surface area contributed by atoms with Gasteiger partial charge in [0.15, 0.2) is 6.23 Å². The molecule has 3 aliphatic heterocycles. The first-order chi connectivity index (χ1) is 15.3. The Morgan fingerprint density at radius 3 is 2.75 bits per heavy atom. The molecule has 2 bridgehead atoms. The summed E-state index contributed by atoms with van der Waals surface area (Å²) in [6.45, 7) is 8.43. The summed E-state index contributed by atoms with van der Waals surface area (Å²) in [6.07, 6.45) is 8.40. The van der Waals surface area contributed by atoms with Gasteiger partial charge in [-0.25, -0.2) is 19.4 Å². The molecule has 0 saturated carbocycles. The van der Waals surface area contributed by atoms with Gasteiger partial charge in [-0.3, -0.25) is 4.90 Å². The van der Waals surface area contributed by atoms with Gasteiger partial charge < -0.3 is 9.47 Å². The molecule has 2 fully saturated rings. The van der Waals surface area contributed by atoms with Gasteiger partial charge in [0.2, 0.25) is 0 Å². The SMILES string of the molecule is Cc1nc(-c2ccnn2C2CCCCO2)c2c(n1)[C@@H]1CCC[C@H](C2)N1C(=O)OC(C)(C)C. The molecule has 3 atom stereocenters. The number of carbonyl (C=O) groups is 1. The molecule has 1 unspecified atom stereocenters. The lowest BCUT2D eigenvalue weighted by Gasteiger charge is -2.46. The van der Waals surface area contributed by atoms with Crippen LogP contribution in [0, 0.1) is 6.92 Å². The Labute approximate surface area is 189 Å². The highest BCUT2D eigenvalue weighted by Gasteiger charge is 2.44. The summed E-state index contributed by atoms with van der Waals surface area (Å²) in [5.41, 5.74) is 3.49. The highest BCUT2D eigenvalue weighted by Crippen LogP contribution is 2.44. The van der Waals surface area contributed by atoms with E-state index in [2.05, 4.69) is 5.10 Å². The third kappa shape index (κ3) is 3.89. The largest absolute Gasteiger partial charge is 0.444 e. The second-order valence-corrected chi connectivity index (χ2v) is 10.2. The number of ether oxygens (including phenoxy) is 2. The average molecular weight is 440 g/mol. The monoisotopic (exact) mass is 439 g/mol. The van der Waals surface area contributed by atoms with Crippen molar-refractivity contribution in [2.24, 2.45) is 0 Å². The van der Waals surface area contributed by atoms with E-state index in [-0.39, 0.29) is 24.4 Å². The minimum atomic E-state index is -0.523. The van der Waals surface area contributed by atoms with E-state index in [1.54, 1.807) is 0 Å². The van der Waals surface area contributed by atoms with Crippen molar-refractivity contribution in [1.29, 1.82) is 0 Å². The molecule has 0 spiro atoms. The Morgan fingerprint density at radius 2 is 2.00 bits per heavy atom. The van der Waals surface area contributed by atoms with Crippen molar-refractivity contribution < 1.29 is 14.3 Å². The molecule has 1 amide bonds. The van der Waals surface area contributed by atoms with Crippen LogP contribution in [-0.2, 0) is 15.9 Å². The Morgan fingerprint density at radius 1 is 1.16 bits per heavy atom. The second-order valence-electron chi connectivity index (χ2n) is 10.2. The van der Waals surface area contributed by atoms with E-state index in [4.69, 9.17) is 19.4 Å². The van der Waals surface area contributed by atoms with Crippen LogP contribution in [0.15, 0.2) is 12.3 Å². The Bertz CT molecular complexity index is 1010. The van der Waals surface area contributed by atoms with Gasteiger partial charge in [0.25, 0.3) is 0 Å². The highest BCUT2D eigenvalue weighted by molar-refractivity contribution is 5.71. The van der Waals surface area contributed by atoms with Crippen LogP contribution in [-0.4, -0.2) is 49.0 Å². The summed E-state index contributed by atoms with van der Waals surface area (Å²) >= 11 is 0. The molecule has 0 N–H and O–H groups in total. The van der Waals surface area contributed by atoms with Gasteiger partial charge in [0.05, 0.1) is 23.1 Å². The minimum Gasteiger partial charge on any atom is -0.444 e. The normalized spacial score (nSPS) is 25.4. The van der Waals surface area contributed by atoms with Gasteiger partial charge >= 0.3 is 6.09 Å². The quantitative estimate of drug-likeness (QED) is 0.672. The molecular formula is C24H33N5O3. The van der Waals surface area contributed by atoms with Crippen molar-refractivity contribution in [2.45, 2.75) is 96.6 Å². The van der Waals surface area contributed by atoms with Crippen molar-refractivity contribution in [3.05, 3.63) is 29.3 Å². The predicted octanol–water partition coefficient (Wildman–Crippen LogP) is 4.73. The fraction of sp³-hybridized carbons (Fsp3) is 0.667. The molecule has 8 heteroatoms. The van der Waals surface area contributed by atoms with Gasteiger partial charge in [-0.1, -0.05) is 0 Å². The summed E-state index contributed by atoms with van der Waals surface area (Å²) in [5, 5.41) is 4.60. The van der Waals surface area contributed by atoms with Gasteiger partial charge in [-0.05, 0) is 78.7 Å². The standard InChI is InChI=1S/C24H33N5O3/c1-15-26-21-17(14-16-8-7-9-18(21)28(16)23(30)32-24(2,3)4)22(27-15)19-11-12-25-29(19)20-10-5-6-13-31-20/h11-12,16,18,20H,5-10,13-14H2,1-4H3/t16-,18+,20?/m1/s1. The molecule has 32 heavy (non-hydrogen) atoms. The summed E-state index contributed by atoms with van der Waals surface area (Å²) in [6, 6.07) is 2.05. The van der Waals surface area contributed by atoms with Crippen LogP contribution >= 0.6 is 0 Å². The van der Waals surface area contributed by atoms with E-state index in [0.29, 0.717) is 5.82 Å². The molecule has 0 radical (unpaired) electrons. The number of hydrogen-bond acceptors (Lipinski definition) is 6. The van der Waals surface area contributed by atoms with Crippen molar-refractivity contribution in [1.82, 2.24) is 24.6 Å². The van der Waals surface area contributed by atoms with Crippen LogP contribution < -0.4 is 0 Å². The molecule has 2 saturated heterocycles. The lowest BCUT2D eigenvalue weighted by atomic mass is 9.82. The number of hydrogen-bond donors (Lipinski definition) is 0. The molecule has 5 rings (SSSR count). The van der Waals surface area contributed by atoms with Crippen LogP contribution in [0.2, 0.25) is 0 Å². The van der Waals surface area contributed by atoms with Gasteiger partial charge in [0.1, 0.15) is 11.4 Å². The van der Waals surface area contributed by atoms with Crippen molar-refractivity contribution in [3.8, 4) is 11.4 Å². The van der Waals surface area contributed by atoms with Crippen molar-refractivity contribution in [2.75, 3.05) is 6.61 Å². The zero-order valence-corrected chi connectivity index (χ0v) is 19.5. The summed E-state index contributed by atoms with van der Waals surface area (Å²) < 4.78 is 13.8. The molecule has 8 nitrogen and oxygen atoms in total. The topological polar surface area (TPSA) is 82.4 Å². The molecule has 172 valence electrons. The zero-order chi connectivity index (χ0) is 22.5. The molecule has 3 aliphatic rings. The number of aryl methyl sites for hydroxylation is 1. The summed E-state index contributed by atoms with van der Waals surface area (Å²) in [7, 11) is 0. The molecule has 0 aromatic carbocycles. The second kappa shape index (κ2) is 8.14. The predicted molar refractivity (Wildman–Crippen MR) is 119 cm³/mol. The first-order valence-electron chi connectivity index (χ1n) is 11.9. The highest BCUT2D eigenvalue weighted by atomic mass is 16.6. The molecule has 0 aliphatic carbocycles. The van der Waals surface area contributed by atoms with E-state index in [9.17, 15) is 4.79 Å². The van der Waals surface area contributed by atoms with Crippen LogP contribution in [0.3, 0.4) is 0 Å². The first kappa shape index (κ1) is 21.4. The van der Waals surface area contributed by atoms with Crippen LogP contribution in [0.1, 0.15) is 88.6 Å². The lowest BCUT2D eigenvalue weighted by molar-refractivity contribution is -0.0384. The van der Waals surface area contributed by atoms with E-state index in [0.717, 1.165) is 74.2 Å². The number of piperidine rings is 1. The van der Waals surface area contributed by atoms with E-state index < -0.39 is 5.60 Å². The number of fused-ring (bicyclic) bond motifs is 4. The summed E-state index contributed by atoms with van der Waals surface area (Å²) in [5.74, 6) is 0.712. The van der Waals surface area contributed by atoms with Crippen molar-refractivity contribution >= 4 is 6.09 Å². The maximum Gasteiger partial charge on any atom is 0.411 e. The maximum atomic E-state index is 13.1. The smallest absolute Gasteiger partial charge is 0.411 e. The third-order valence-corrected chi connectivity index (χ3v) is 6.60. The third-order valence-electron chi connectivity index (χ3n) is 6.60. The van der Waals surface area contributed by atoms with E-state index >= 15 is 0 Å². The molecular weight excluding hydrogens is 406 g/mol. The fourth-order valence-corrected chi connectivity index (χ4v) is 5.33. The molecule has 2 aromatic heterocycles. The zero-order valence-electron chi connectivity index (χ0n) is 19.5. The lowest BCUT2D eigenvalue weighted by Crippen LogP contribution is -2.52. The van der Waals surface area contributed by atoms with Crippen LogP contribution in [0.5, 0.6) is 0 Å². The summed E-state index contributed by atoms with van der Waals surface area (Å²) in [4.78, 5) is 24.8. The van der Waals surface area contributed by atoms with Gasteiger partial charge in [0, 0.05) is 24.4 Å². The van der Waals surface area contributed by atoms with Crippen LogP contribution in [0.4, 0.5) is 4.79 Å². The number of nitrogens with zero attached hydrogens (tertiary/aromatic N) is 5. The van der Waals surface area contributed by atoms with Crippen LogP contribution in [0.25, 0.3) is 11.4 Å². The van der Waals surface area contributed by atoms with Gasteiger partial charge in [-0.15, -0.1) is 0 Å². The Kier molecular flexibility index (Phi) is 5.43. The van der Waals surface area contributed by atoms with E-state index in [1.165, 1.54) is 0 Å². The Balaban J connectivity index is 1.56. The number of carbonyl (C=O) groups excluding carboxylic acids is 1. The molecule has 2 aromatic rings. The fourth-order valence-electron chi connectivity index (χ4n) is 5.33. The number of aromatic nitrogens is 4. The number of rotatable bonds is 2. The van der Waals surface area contributed by atoms with E-state index in [1.807, 2.05) is 49.5 Å². The molecule has 5 heterocycles. The maximum absolute atomic E-state index is 13.1. The number of amides is 1. The van der Waals surface area contributed by atoms with Gasteiger partial charge in [-0.2, -0.15) is 5.10 Å². The van der Waals surface area contributed by atoms with Crippen molar-refractivity contribution in [3.63, 3.8) is 0 Å². The minimum absolute atomic E-state index is 0.0546. The average Bonchev–Trinajstić information content (AvgIpc) is 3.23. The Hall–Kier alpha value is -2.48.